The van der Waals surface area contributed by atoms with Crippen LogP contribution in [-0.4, -0.2) is 62.8 Å². The van der Waals surface area contributed by atoms with Crippen LogP contribution in [0, 0.1) is 0 Å². The maximum absolute atomic E-state index is 13.1. The van der Waals surface area contributed by atoms with Gasteiger partial charge >= 0.3 is 0 Å². The minimum atomic E-state index is 0. The van der Waals surface area contributed by atoms with E-state index in [1.165, 1.54) is 5.56 Å². The minimum absolute atomic E-state index is 0. The third-order valence-electron chi connectivity index (χ3n) is 5.12. The van der Waals surface area contributed by atoms with Gasteiger partial charge in [-0.3, -0.25) is 14.4 Å². The highest BCUT2D eigenvalue weighted by Crippen LogP contribution is 2.17. The van der Waals surface area contributed by atoms with Crippen LogP contribution in [0.4, 0.5) is 0 Å². The van der Waals surface area contributed by atoms with Gasteiger partial charge in [-0.05, 0) is 17.7 Å². The maximum Gasteiger partial charge on any atom is 0.259 e. The van der Waals surface area contributed by atoms with E-state index in [1.54, 1.807) is 10.9 Å². The van der Waals surface area contributed by atoms with Crippen molar-refractivity contribution in [3.63, 3.8) is 0 Å². The van der Waals surface area contributed by atoms with Crippen LogP contribution in [0.2, 0.25) is 0 Å². The summed E-state index contributed by atoms with van der Waals surface area (Å²) >= 11 is 0. The van der Waals surface area contributed by atoms with Crippen LogP contribution >= 0.6 is 12.4 Å². The largest absolute Gasteiger partial charge is 0.336 e. The molecule has 6 nitrogen and oxygen atoms in total. The molecule has 0 aliphatic carbocycles. The van der Waals surface area contributed by atoms with E-state index in [9.17, 15) is 4.79 Å². The quantitative estimate of drug-likeness (QED) is 0.648. The molecule has 7 heteroatoms. The number of rotatable bonds is 5. The molecule has 0 radical (unpaired) electrons. The number of aryl methyl sites for hydroxylation is 1. The van der Waals surface area contributed by atoms with Crippen molar-refractivity contribution < 1.29 is 4.79 Å². The van der Waals surface area contributed by atoms with Crippen molar-refractivity contribution in [1.82, 2.24) is 24.1 Å². The van der Waals surface area contributed by atoms with E-state index in [2.05, 4.69) is 34.3 Å². The first-order chi connectivity index (χ1) is 13.7. The standard InChI is InChI=1S/C22H25N5O.ClH/c1-24-21(26-12-5-6-13-26)20(18-23-24)22(28)27-16-14-25(15-17-27)11-7-10-19-8-3-2-4-9-19;/h2-10,12-13,18H,11,14-17H2,1H3;1H. The van der Waals surface area contributed by atoms with Gasteiger partial charge in [0.05, 0.1) is 6.20 Å². The average molecular weight is 412 g/mol. The lowest BCUT2D eigenvalue weighted by Gasteiger charge is -2.34. The summed E-state index contributed by atoms with van der Waals surface area (Å²) in [5.74, 6) is 0.861. The van der Waals surface area contributed by atoms with Gasteiger partial charge < -0.3 is 9.47 Å². The molecule has 3 aromatic rings. The summed E-state index contributed by atoms with van der Waals surface area (Å²) in [5.41, 5.74) is 1.86. The Morgan fingerprint density at radius 3 is 2.41 bits per heavy atom. The molecule has 1 aromatic carbocycles. The number of benzene rings is 1. The van der Waals surface area contributed by atoms with Gasteiger partial charge in [0.25, 0.3) is 5.91 Å². The molecule has 0 saturated carbocycles. The predicted octanol–water partition coefficient (Wildman–Crippen LogP) is 3.10. The van der Waals surface area contributed by atoms with Gasteiger partial charge in [0.1, 0.15) is 11.4 Å². The number of carbonyl (C=O) groups is 1. The zero-order chi connectivity index (χ0) is 19.3. The molecule has 0 unspecified atom stereocenters. The summed E-state index contributed by atoms with van der Waals surface area (Å²) in [4.78, 5) is 17.4. The molecule has 1 aliphatic rings. The molecule has 2 aromatic heterocycles. The molecule has 1 aliphatic heterocycles. The summed E-state index contributed by atoms with van der Waals surface area (Å²) < 4.78 is 3.68. The second kappa shape index (κ2) is 9.58. The van der Waals surface area contributed by atoms with E-state index < -0.39 is 0 Å². The Morgan fingerprint density at radius 2 is 1.72 bits per heavy atom. The molecule has 1 amide bonds. The molecule has 0 bridgehead atoms. The van der Waals surface area contributed by atoms with Crippen LogP contribution in [0.5, 0.6) is 0 Å². The molecule has 0 atom stereocenters. The lowest BCUT2D eigenvalue weighted by atomic mass is 10.2. The summed E-state index contributed by atoms with van der Waals surface area (Å²) in [6.07, 6.45) is 9.89. The Labute approximate surface area is 177 Å². The number of piperazine rings is 1. The number of aromatic nitrogens is 3. The Morgan fingerprint density at radius 1 is 1.03 bits per heavy atom. The third kappa shape index (κ3) is 4.78. The highest BCUT2D eigenvalue weighted by molar-refractivity contribution is 5.97. The van der Waals surface area contributed by atoms with Gasteiger partial charge in [-0.15, -0.1) is 12.4 Å². The van der Waals surface area contributed by atoms with Gasteiger partial charge in [-0.25, -0.2) is 0 Å². The number of amides is 1. The smallest absolute Gasteiger partial charge is 0.259 e. The van der Waals surface area contributed by atoms with Crippen molar-refractivity contribution in [3.05, 3.63) is 78.3 Å². The lowest BCUT2D eigenvalue weighted by Crippen LogP contribution is -2.48. The summed E-state index contributed by atoms with van der Waals surface area (Å²) in [6, 6.07) is 14.2. The monoisotopic (exact) mass is 411 g/mol. The fourth-order valence-electron chi connectivity index (χ4n) is 3.57. The molecular formula is C22H26ClN5O. The summed E-state index contributed by atoms with van der Waals surface area (Å²) in [7, 11) is 1.86. The first-order valence-corrected chi connectivity index (χ1v) is 9.61. The molecule has 1 fully saturated rings. The normalized spacial score (nSPS) is 14.9. The van der Waals surface area contributed by atoms with E-state index in [4.69, 9.17) is 0 Å². The third-order valence-corrected chi connectivity index (χ3v) is 5.12. The minimum Gasteiger partial charge on any atom is -0.336 e. The molecule has 152 valence electrons. The first-order valence-electron chi connectivity index (χ1n) is 9.61. The van der Waals surface area contributed by atoms with E-state index in [1.807, 2.05) is 59.2 Å². The van der Waals surface area contributed by atoms with Gasteiger partial charge in [-0.1, -0.05) is 42.5 Å². The zero-order valence-corrected chi connectivity index (χ0v) is 17.3. The number of hydrogen-bond acceptors (Lipinski definition) is 3. The highest BCUT2D eigenvalue weighted by atomic mass is 35.5. The molecule has 1 saturated heterocycles. The SMILES string of the molecule is Cl.Cn1ncc(C(=O)N2CCN(CC=Cc3ccccc3)CC2)c1-n1cccc1. The molecule has 4 rings (SSSR count). The molecule has 29 heavy (non-hydrogen) atoms. The number of carbonyl (C=O) groups excluding carboxylic acids is 1. The van der Waals surface area contributed by atoms with Gasteiger partial charge in [0, 0.05) is 52.2 Å². The number of hydrogen-bond donors (Lipinski definition) is 0. The van der Waals surface area contributed by atoms with E-state index >= 15 is 0 Å². The lowest BCUT2D eigenvalue weighted by molar-refractivity contribution is 0.0650. The van der Waals surface area contributed by atoms with Crippen molar-refractivity contribution >= 4 is 24.4 Å². The molecule has 3 heterocycles. The van der Waals surface area contributed by atoms with Crippen molar-refractivity contribution in [2.24, 2.45) is 7.05 Å². The van der Waals surface area contributed by atoms with E-state index in [-0.39, 0.29) is 18.3 Å². The van der Waals surface area contributed by atoms with Gasteiger partial charge in [-0.2, -0.15) is 5.10 Å². The Hall–Kier alpha value is -2.83. The van der Waals surface area contributed by atoms with Crippen LogP contribution < -0.4 is 0 Å². The fourth-order valence-corrected chi connectivity index (χ4v) is 3.57. The van der Waals surface area contributed by atoms with Gasteiger partial charge in [0.2, 0.25) is 0 Å². The second-order valence-electron chi connectivity index (χ2n) is 7.00. The van der Waals surface area contributed by atoms with E-state index in [0.29, 0.717) is 5.56 Å². The van der Waals surface area contributed by atoms with Crippen LogP contribution in [0.3, 0.4) is 0 Å². The van der Waals surface area contributed by atoms with Crippen LogP contribution in [0.25, 0.3) is 11.9 Å². The first kappa shape index (κ1) is 20.9. The van der Waals surface area contributed by atoms with E-state index in [0.717, 1.165) is 38.5 Å². The van der Waals surface area contributed by atoms with Crippen molar-refractivity contribution in [2.75, 3.05) is 32.7 Å². The van der Waals surface area contributed by atoms with Gasteiger partial charge in [0.15, 0.2) is 0 Å². The van der Waals surface area contributed by atoms with Crippen molar-refractivity contribution in [1.29, 1.82) is 0 Å². The summed E-state index contributed by atoms with van der Waals surface area (Å²) in [5, 5.41) is 4.30. The van der Waals surface area contributed by atoms with Crippen LogP contribution in [-0.2, 0) is 7.05 Å². The van der Waals surface area contributed by atoms with Crippen molar-refractivity contribution in [3.8, 4) is 5.82 Å². The zero-order valence-electron chi connectivity index (χ0n) is 16.5. The highest BCUT2D eigenvalue weighted by Gasteiger charge is 2.25. The van der Waals surface area contributed by atoms with Crippen molar-refractivity contribution in [2.45, 2.75) is 0 Å². The van der Waals surface area contributed by atoms with Crippen LogP contribution in [0.1, 0.15) is 15.9 Å². The fraction of sp³-hybridized carbons (Fsp3) is 0.273. The predicted molar refractivity (Wildman–Crippen MR) is 118 cm³/mol. The average Bonchev–Trinajstić information content (AvgIpc) is 3.38. The molecule has 0 N–H and O–H groups in total. The number of halogens is 1. The number of nitrogens with zero attached hydrogens (tertiary/aromatic N) is 5. The topological polar surface area (TPSA) is 46.3 Å². The van der Waals surface area contributed by atoms with Crippen LogP contribution in [0.15, 0.2) is 67.1 Å². The summed E-state index contributed by atoms with van der Waals surface area (Å²) in [6.45, 7) is 4.13. The molecule has 0 spiro atoms. The second-order valence-corrected chi connectivity index (χ2v) is 7.00. The Balaban J connectivity index is 0.00000240. The Kier molecular flexibility index (Phi) is 6.90. The maximum atomic E-state index is 13.1. The molecular weight excluding hydrogens is 386 g/mol. The Bertz CT molecular complexity index is 941.